The van der Waals surface area contributed by atoms with Gasteiger partial charge in [-0.2, -0.15) is 22.0 Å². The minimum Gasteiger partial charge on any atom is -0.191 e. The summed E-state index contributed by atoms with van der Waals surface area (Å²) in [5.74, 6) is -4.82. The summed E-state index contributed by atoms with van der Waals surface area (Å²) in [5.41, 5.74) is -0.358. The van der Waals surface area contributed by atoms with Crippen LogP contribution in [0, 0.1) is 0 Å². The molecule has 0 fully saturated rings. The minimum atomic E-state index is -5.57. The molecule has 0 spiro atoms. The van der Waals surface area contributed by atoms with Crippen molar-refractivity contribution >= 4 is 6.08 Å². The van der Waals surface area contributed by atoms with Crippen LogP contribution in [-0.4, -0.2) is 6.18 Å². The van der Waals surface area contributed by atoms with Gasteiger partial charge in [0.2, 0.25) is 0 Å². The van der Waals surface area contributed by atoms with Gasteiger partial charge in [0.1, 0.15) is 0 Å². The summed E-state index contributed by atoms with van der Waals surface area (Å²) >= 11 is 0. The van der Waals surface area contributed by atoms with Crippen molar-refractivity contribution in [3.05, 3.63) is 41.0 Å². The average molecular weight is 262 g/mol. The Morgan fingerprint density at radius 1 is 1.00 bits per heavy atom. The molecule has 2 rings (SSSR count). The van der Waals surface area contributed by atoms with E-state index in [2.05, 4.69) is 0 Å². The summed E-state index contributed by atoms with van der Waals surface area (Å²) in [6, 6.07) is 3.08. The Bertz CT molecular complexity index is 509. The molecular formula is C13H11F5. The van der Waals surface area contributed by atoms with E-state index in [1.54, 1.807) is 26.0 Å². The van der Waals surface area contributed by atoms with Crippen molar-refractivity contribution in [2.24, 2.45) is 0 Å². The third-order valence-electron chi connectivity index (χ3n) is 3.15. The fourth-order valence-corrected chi connectivity index (χ4v) is 2.01. The first-order valence-electron chi connectivity index (χ1n) is 5.34. The van der Waals surface area contributed by atoms with Gasteiger partial charge in [0.05, 0.1) is 0 Å². The van der Waals surface area contributed by atoms with Gasteiger partial charge in [-0.05, 0) is 17.2 Å². The summed E-state index contributed by atoms with van der Waals surface area (Å²) < 4.78 is 63.4. The van der Waals surface area contributed by atoms with Crippen molar-refractivity contribution in [1.82, 2.24) is 0 Å². The smallest absolute Gasteiger partial charge is 0.191 e. The number of rotatable bonds is 1. The SMILES string of the molecule is CC1(C)C=Cc2ccc(C(F)(F)C(F)(F)F)cc21. The van der Waals surface area contributed by atoms with Crippen LogP contribution in [0.3, 0.4) is 0 Å². The van der Waals surface area contributed by atoms with Gasteiger partial charge in [-0.1, -0.05) is 38.1 Å². The number of fused-ring (bicyclic) bond motifs is 1. The molecular weight excluding hydrogens is 251 g/mol. The first kappa shape index (κ1) is 13.1. The van der Waals surface area contributed by atoms with Gasteiger partial charge in [-0.25, -0.2) is 0 Å². The van der Waals surface area contributed by atoms with Crippen LogP contribution in [0.2, 0.25) is 0 Å². The zero-order valence-corrected chi connectivity index (χ0v) is 9.78. The molecule has 0 N–H and O–H groups in total. The quantitative estimate of drug-likeness (QED) is 0.646. The van der Waals surface area contributed by atoms with Crippen molar-refractivity contribution in [3.63, 3.8) is 0 Å². The predicted octanol–water partition coefficient (Wildman–Crippen LogP) is 4.65. The molecule has 1 aromatic carbocycles. The molecule has 0 heterocycles. The molecule has 0 atom stereocenters. The molecule has 0 saturated heterocycles. The second kappa shape index (κ2) is 3.56. The zero-order valence-electron chi connectivity index (χ0n) is 9.78. The second-order valence-electron chi connectivity index (χ2n) is 4.93. The fraction of sp³-hybridized carbons (Fsp3) is 0.385. The van der Waals surface area contributed by atoms with Crippen LogP contribution in [0.4, 0.5) is 22.0 Å². The molecule has 1 aliphatic carbocycles. The number of alkyl halides is 5. The predicted molar refractivity (Wildman–Crippen MR) is 58.5 cm³/mol. The Kier molecular flexibility index (Phi) is 2.58. The van der Waals surface area contributed by atoms with Crippen molar-refractivity contribution in [3.8, 4) is 0 Å². The van der Waals surface area contributed by atoms with Crippen LogP contribution in [0.1, 0.15) is 30.5 Å². The maximum atomic E-state index is 13.2. The Hall–Kier alpha value is -1.39. The van der Waals surface area contributed by atoms with Crippen molar-refractivity contribution < 1.29 is 22.0 Å². The van der Waals surface area contributed by atoms with Crippen LogP contribution in [-0.2, 0) is 11.3 Å². The van der Waals surface area contributed by atoms with E-state index in [0.29, 0.717) is 11.1 Å². The maximum Gasteiger partial charge on any atom is 0.458 e. The lowest BCUT2D eigenvalue weighted by Gasteiger charge is -2.23. The molecule has 5 heteroatoms. The van der Waals surface area contributed by atoms with Gasteiger partial charge in [0.25, 0.3) is 0 Å². The van der Waals surface area contributed by atoms with Gasteiger partial charge < -0.3 is 0 Å². The molecule has 1 aromatic rings. The highest BCUT2D eigenvalue weighted by atomic mass is 19.4. The number of hydrogen-bond donors (Lipinski definition) is 0. The second-order valence-corrected chi connectivity index (χ2v) is 4.93. The van der Waals surface area contributed by atoms with E-state index in [1.165, 1.54) is 6.07 Å². The average Bonchev–Trinajstić information content (AvgIpc) is 2.53. The molecule has 1 aliphatic rings. The summed E-state index contributed by atoms with van der Waals surface area (Å²) in [7, 11) is 0. The number of allylic oxidation sites excluding steroid dienone is 1. The summed E-state index contributed by atoms with van der Waals surface area (Å²) in [5, 5.41) is 0. The van der Waals surface area contributed by atoms with Gasteiger partial charge in [-0.15, -0.1) is 0 Å². The third kappa shape index (κ3) is 1.82. The zero-order chi connectivity index (χ0) is 13.8. The lowest BCUT2D eigenvalue weighted by Crippen LogP contribution is -2.34. The number of halogens is 5. The molecule has 0 nitrogen and oxygen atoms in total. The molecule has 18 heavy (non-hydrogen) atoms. The lowest BCUT2D eigenvalue weighted by molar-refractivity contribution is -0.289. The highest BCUT2D eigenvalue weighted by Crippen LogP contribution is 2.46. The minimum absolute atomic E-state index is 0.490. The Labute approximate surface area is 101 Å². The highest BCUT2D eigenvalue weighted by molar-refractivity contribution is 5.65. The number of benzene rings is 1. The molecule has 98 valence electrons. The highest BCUT2D eigenvalue weighted by Gasteiger charge is 2.58. The third-order valence-corrected chi connectivity index (χ3v) is 3.15. The molecule has 0 saturated carbocycles. The molecule has 0 unspecified atom stereocenters. The lowest BCUT2D eigenvalue weighted by atomic mass is 9.85. The van der Waals surface area contributed by atoms with Crippen LogP contribution in [0.25, 0.3) is 6.08 Å². The van der Waals surface area contributed by atoms with Crippen molar-refractivity contribution in [2.75, 3.05) is 0 Å². The maximum absolute atomic E-state index is 13.2. The van der Waals surface area contributed by atoms with Crippen LogP contribution in [0.15, 0.2) is 24.3 Å². The van der Waals surface area contributed by atoms with E-state index in [4.69, 9.17) is 0 Å². The first-order valence-corrected chi connectivity index (χ1v) is 5.34. The summed E-state index contributed by atoms with van der Waals surface area (Å²) in [4.78, 5) is 0. The van der Waals surface area contributed by atoms with Gasteiger partial charge in [0, 0.05) is 11.0 Å². The molecule has 0 bridgehead atoms. The van der Waals surface area contributed by atoms with Gasteiger partial charge in [0.15, 0.2) is 0 Å². The first-order chi connectivity index (χ1) is 8.06. The van der Waals surface area contributed by atoms with E-state index >= 15 is 0 Å². The largest absolute Gasteiger partial charge is 0.458 e. The molecule has 0 aliphatic heterocycles. The van der Waals surface area contributed by atoms with E-state index in [0.717, 1.165) is 12.1 Å². The van der Waals surface area contributed by atoms with Gasteiger partial charge >= 0.3 is 12.1 Å². The molecule has 0 radical (unpaired) electrons. The normalized spacial score (nSPS) is 17.9. The fourth-order valence-electron chi connectivity index (χ4n) is 2.01. The van der Waals surface area contributed by atoms with E-state index in [1.807, 2.05) is 0 Å². The van der Waals surface area contributed by atoms with Crippen molar-refractivity contribution in [1.29, 1.82) is 0 Å². The monoisotopic (exact) mass is 262 g/mol. The van der Waals surface area contributed by atoms with E-state index in [9.17, 15) is 22.0 Å². The topological polar surface area (TPSA) is 0 Å². The Morgan fingerprint density at radius 2 is 1.61 bits per heavy atom. The van der Waals surface area contributed by atoms with Crippen molar-refractivity contribution in [2.45, 2.75) is 31.4 Å². The van der Waals surface area contributed by atoms with Crippen LogP contribution < -0.4 is 0 Å². The van der Waals surface area contributed by atoms with E-state index in [-0.39, 0.29) is 0 Å². The standard InChI is InChI=1S/C13H11F5/c1-11(2)6-5-8-3-4-9(7-10(8)11)12(14,15)13(16,17)18/h3-7H,1-2H3. The van der Waals surface area contributed by atoms with Crippen LogP contribution in [0.5, 0.6) is 0 Å². The van der Waals surface area contributed by atoms with Gasteiger partial charge in [-0.3, -0.25) is 0 Å². The Morgan fingerprint density at radius 3 is 2.17 bits per heavy atom. The van der Waals surface area contributed by atoms with Crippen LogP contribution >= 0.6 is 0 Å². The molecule has 0 amide bonds. The molecule has 0 aromatic heterocycles. The van der Waals surface area contributed by atoms with E-state index < -0.39 is 23.1 Å². The number of hydrogen-bond acceptors (Lipinski definition) is 0. The Balaban J connectivity index is 2.52. The summed E-state index contributed by atoms with van der Waals surface area (Å²) in [6.45, 7) is 3.54. The summed E-state index contributed by atoms with van der Waals surface area (Å²) in [6.07, 6.45) is -2.06.